The number of nitrogens with one attached hydrogen (secondary N) is 3. The zero-order chi connectivity index (χ0) is 19.9. The van der Waals surface area contributed by atoms with Gasteiger partial charge in [-0.05, 0) is 36.8 Å². The van der Waals surface area contributed by atoms with Gasteiger partial charge in [0, 0.05) is 23.5 Å². The summed E-state index contributed by atoms with van der Waals surface area (Å²) >= 11 is 7.54. The van der Waals surface area contributed by atoms with E-state index in [4.69, 9.17) is 11.6 Å². The topological polar surface area (TPSA) is 99.8 Å². The minimum atomic E-state index is -0.324. The van der Waals surface area contributed by atoms with Crippen LogP contribution in [-0.4, -0.2) is 39.3 Å². The number of rotatable bonds is 7. The molecule has 144 valence electrons. The predicted octanol–water partition coefficient (Wildman–Crippen LogP) is 3.54. The highest BCUT2D eigenvalue weighted by Gasteiger charge is 2.13. The van der Waals surface area contributed by atoms with E-state index >= 15 is 0 Å². The monoisotopic (exact) mass is 415 g/mol. The molecule has 2 aromatic carbocycles. The fourth-order valence-electron chi connectivity index (χ4n) is 2.41. The summed E-state index contributed by atoms with van der Waals surface area (Å²) < 4.78 is 0. The molecule has 28 heavy (non-hydrogen) atoms. The van der Waals surface area contributed by atoms with Gasteiger partial charge in [0.15, 0.2) is 5.16 Å². The number of nitrogens with zero attached hydrogens (tertiary/aromatic N) is 2. The molecular weight excluding hydrogens is 398 g/mol. The molecule has 3 rings (SSSR count). The maximum atomic E-state index is 12.5. The highest BCUT2D eigenvalue weighted by atomic mass is 35.5. The number of H-pyrrole nitrogens is 1. The summed E-state index contributed by atoms with van der Waals surface area (Å²) in [4.78, 5) is 28.9. The summed E-state index contributed by atoms with van der Waals surface area (Å²) in [5.41, 5.74) is 2.25. The lowest BCUT2D eigenvalue weighted by atomic mass is 10.1. The number of hydrogen-bond donors (Lipinski definition) is 3. The van der Waals surface area contributed by atoms with Gasteiger partial charge in [0.2, 0.25) is 0 Å². The molecule has 0 aliphatic carbocycles. The average Bonchev–Trinajstić information content (AvgIpc) is 3.20. The van der Waals surface area contributed by atoms with Crippen LogP contribution in [0, 0.1) is 6.92 Å². The molecule has 0 fully saturated rings. The molecule has 3 N–H and O–H groups in total. The number of thioether (sulfide) groups is 1. The summed E-state index contributed by atoms with van der Waals surface area (Å²) in [6, 6.07) is 12.0. The molecule has 0 bridgehead atoms. The van der Waals surface area contributed by atoms with Crippen molar-refractivity contribution in [2.75, 3.05) is 17.6 Å². The normalized spacial score (nSPS) is 10.5. The second kappa shape index (κ2) is 9.38. The molecule has 7 nitrogen and oxygen atoms in total. The van der Waals surface area contributed by atoms with Crippen molar-refractivity contribution in [1.29, 1.82) is 0 Å². The van der Waals surface area contributed by atoms with Crippen molar-refractivity contribution in [3.8, 4) is 0 Å². The lowest BCUT2D eigenvalue weighted by Crippen LogP contribution is -2.26. The molecule has 0 atom stereocenters. The molecule has 1 aromatic heterocycles. The van der Waals surface area contributed by atoms with E-state index in [1.165, 1.54) is 18.1 Å². The van der Waals surface area contributed by atoms with Crippen LogP contribution in [0.4, 0.5) is 5.69 Å². The molecule has 0 aliphatic heterocycles. The summed E-state index contributed by atoms with van der Waals surface area (Å²) in [7, 11) is 0. The van der Waals surface area contributed by atoms with Gasteiger partial charge in [0.1, 0.15) is 6.33 Å². The lowest BCUT2D eigenvalue weighted by Gasteiger charge is -2.11. The summed E-state index contributed by atoms with van der Waals surface area (Å²) in [6.07, 6.45) is 1.44. The molecule has 0 spiro atoms. The van der Waals surface area contributed by atoms with Crippen molar-refractivity contribution < 1.29 is 9.59 Å². The van der Waals surface area contributed by atoms with Gasteiger partial charge in [0.25, 0.3) is 11.8 Å². The van der Waals surface area contributed by atoms with E-state index in [-0.39, 0.29) is 11.8 Å². The van der Waals surface area contributed by atoms with Crippen LogP contribution in [-0.2, 0) is 0 Å². The van der Waals surface area contributed by atoms with Gasteiger partial charge >= 0.3 is 0 Å². The SMILES string of the molecule is Cc1ccc(C(=O)NCCSc2ncn[nH]2)cc1NC(=O)c1ccccc1Cl. The van der Waals surface area contributed by atoms with Gasteiger partial charge in [0.05, 0.1) is 10.6 Å². The molecule has 0 saturated carbocycles. The van der Waals surface area contributed by atoms with Crippen LogP contribution in [0.5, 0.6) is 0 Å². The number of halogens is 1. The Morgan fingerprint density at radius 3 is 2.75 bits per heavy atom. The zero-order valence-corrected chi connectivity index (χ0v) is 16.6. The number of benzene rings is 2. The minimum Gasteiger partial charge on any atom is -0.351 e. The lowest BCUT2D eigenvalue weighted by molar-refractivity contribution is 0.0954. The third-order valence-corrected chi connectivity index (χ3v) is 5.09. The van der Waals surface area contributed by atoms with E-state index in [1.54, 1.807) is 42.5 Å². The molecule has 1 heterocycles. The van der Waals surface area contributed by atoms with Crippen LogP contribution >= 0.6 is 23.4 Å². The molecule has 0 radical (unpaired) electrons. The maximum Gasteiger partial charge on any atom is 0.257 e. The van der Waals surface area contributed by atoms with Crippen molar-refractivity contribution in [1.82, 2.24) is 20.5 Å². The Balaban J connectivity index is 1.61. The smallest absolute Gasteiger partial charge is 0.257 e. The fraction of sp³-hybridized carbons (Fsp3) is 0.158. The minimum absolute atomic E-state index is 0.216. The first kappa shape index (κ1) is 19.9. The van der Waals surface area contributed by atoms with Crippen LogP contribution in [0.3, 0.4) is 0 Å². The Morgan fingerprint density at radius 2 is 2.00 bits per heavy atom. The number of carbonyl (C=O) groups excluding carboxylic acids is 2. The van der Waals surface area contributed by atoms with Gasteiger partial charge in [-0.25, -0.2) is 4.98 Å². The Labute approximate surface area is 171 Å². The van der Waals surface area contributed by atoms with E-state index < -0.39 is 0 Å². The van der Waals surface area contributed by atoms with Crippen LogP contribution in [0.2, 0.25) is 5.02 Å². The average molecular weight is 416 g/mol. The Kier molecular flexibility index (Phi) is 6.67. The van der Waals surface area contributed by atoms with Crippen molar-refractivity contribution in [2.45, 2.75) is 12.1 Å². The molecule has 0 aliphatic rings. The van der Waals surface area contributed by atoms with E-state index in [9.17, 15) is 9.59 Å². The van der Waals surface area contributed by atoms with Crippen molar-refractivity contribution in [3.63, 3.8) is 0 Å². The molecule has 0 unspecified atom stereocenters. The van der Waals surface area contributed by atoms with Gasteiger partial charge < -0.3 is 10.6 Å². The van der Waals surface area contributed by atoms with Crippen LogP contribution in [0.15, 0.2) is 53.9 Å². The van der Waals surface area contributed by atoms with E-state index in [2.05, 4.69) is 25.8 Å². The summed E-state index contributed by atoms with van der Waals surface area (Å²) in [5.74, 6) is 0.115. The second-order valence-electron chi connectivity index (χ2n) is 5.86. The molecule has 2 amide bonds. The van der Waals surface area contributed by atoms with Crippen LogP contribution < -0.4 is 10.6 Å². The standard InChI is InChI=1S/C19H18ClN5O2S/c1-12-6-7-13(17(26)21-8-9-28-19-22-11-23-25-19)10-16(12)24-18(27)14-4-2-3-5-15(14)20/h2-7,10-11H,8-9H2,1H3,(H,21,26)(H,24,27)(H,22,23,25). The van der Waals surface area contributed by atoms with E-state index in [0.29, 0.717) is 39.3 Å². The van der Waals surface area contributed by atoms with Crippen LogP contribution in [0.1, 0.15) is 26.3 Å². The number of aromatic amines is 1. The van der Waals surface area contributed by atoms with Crippen molar-refractivity contribution >= 4 is 40.9 Å². The van der Waals surface area contributed by atoms with E-state index in [0.717, 1.165) is 5.56 Å². The first-order chi connectivity index (χ1) is 13.5. The molecular formula is C19H18ClN5O2S. The van der Waals surface area contributed by atoms with Crippen molar-refractivity contribution in [2.24, 2.45) is 0 Å². The number of hydrogen-bond acceptors (Lipinski definition) is 5. The number of anilines is 1. The Hall–Kier alpha value is -2.84. The summed E-state index contributed by atoms with van der Waals surface area (Å²) in [5, 5.41) is 13.3. The first-order valence-electron chi connectivity index (χ1n) is 8.47. The van der Waals surface area contributed by atoms with Gasteiger partial charge in [-0.1, -0.05) is 41.6 Å². The first-order valence-corrected chi connectivity index (χ1v) is 9.84. The van der Waals surface area contributed by atoms with Crippen molar-refractivity contribution in [3.05, 3.63) is 70.5 Å². The molecule has 9 heteroatoms. The highest BCUT2D eigenvalue weighted by molar-refractivity contribution is 7.99. The zero-order valence-electron chi connectivity index (χ0n) is 15.0. The second-order valence-corrected chi connectivity index (χ2v) is 7.35. The maximum absolute atomic E-state index is 12.5. The number of amides is 2. The van der Waals surface area contributed by atoms with Gasteiger partial charge in [-0.2, -0.15) is 5.10 Å². The molecule has 0 saturated heterocycles. The number of aryl methyl sites for hydroxylation is 1. The largest absolute Gasteiger partial charge is 0.351 e. The van der Waals surface area contributed by atoms with Crippen LogP contribution in [0.25, 0.3) is 0 Å². The quantitative estimate of drug-likeness (QED) is 0.405. The predicted molar refractivity (Wildman–Crippen MR) is 110 cm³/mol. The highest BCUT2D eigenvalue weighted by Crippen LogP contribution is 2.21. The fourth-order valence-corrected chi connectivity index (χ4v) is 3.27. The number of aromatic nitrogens is 3. The Bertz CT molecular complexity index is 978. The summed E-state index contributed by atoms with van der Waals surface area (Å²) in [6.45, 7) is 2.33. The van der Waals surface area contributed by atoms with Gasteiger partial charge in [-0.3, -0.25) is 14.7 Å². The number of carbonyl (C=O) groups is 2. The van der Waals surface area contributed by atoms with Gasteiger partial charge in [-0.15, -0.1) is 0 Å². The van der Waals surface area contributed by atoms with E-state index in [1.807, 2.05) is 6.92 Å². The third-order valence-electron chi connectivity index (χ3n) is 3.89. The third kappa shape index (κ3) is 5.11. The Morgan fingerprint density at radius 1 is 1.18 bits per heavy atom. The molecule has 3 aromatic rings.